The number of anilines is 2. The first-order valence-corrected chi connectivity index (χ1v) is 13.3. The van der Waals surface area contributed by atoms with Gasteiger partial charge in [0.25, 0.3) is 10.0 Å². The molecular formula is C25H33N5O3S. The molecule has 1 saturated heterocycles. The minimum Gasteiger partial charge on any atom is -0.369 e. The Kier molecular flexibility index (Phi) is 7.23. The molecular weight excluding hydrogens is 450 g/mol. The Bertz CT molecular complexity index is 1150. The summed E-state index contributed by atoms with van der Waals surface area (Å²) in [4.78, 5) is 22.7. The molecule has 1 amide bonds. The Hall–Kier alpha value is -2.91. The van der Waals surface area contributed by atoms with Crippen molar-refractivity contribution in [3.05, 3.63) is 54.1 Å². The fourth-order valence-electron chi connectivity index (χ4n) is 4.35. The molecule has 2 aliphatic heterocycles. The molecule has 34 heavy (non-hydrogen) atoms. The highest BCUT2D eigenvalue weighted by Crippen LogP contribution is 2.24. The van der Waals surface area contributed by atoms with E-state index in [1.165, 1.54) is 0 Å². The lowest BCUT2D eigenvalue weighted by atomic mass is 10.0. The van der Waals surface area contributed by atoms with Gasteiger partial charge in [-0.15, -0.1) is 0 Å². The number of nitrogens with zero attached hydrogens (tertiary/aromatic N) is 3. The van der Waals surface area contributed by atoms with Crippen molar-refractivity contribution in [1.29, 1.82) is 0 Å². The second-order valence-corrected chi connectivity index (χ2v) is 10.8. The molecule has 8 nitrogen and oxygen atoms in total. The lowest BCUT2D eigenvalue weighted by molar-refractivity contribution is -0.117. The summed E-state index contributed by atoms with van der Waals surface area (Å²) in [6, 6.07) is 13.8. The average Bonchev–Trinajstić information content (AvgIpc) is 3.09. The standard InChI is InChI=1S/C25H33N5O3S/c1-4-29-13-15-30(16-14-29)20-11-9-19(10-12-20)26-25(31)22(17-18(2)3)27-24-21-7-5-6-8-23(21)34(32,33)28-24/h5-12,18,22H,4,13-17H2,1-3H3,(H,26,31)(H,27,28). The van der Waals surface area contributed by atoms with Gasteiger partial charge in [0.1, 0.15) is 11.9 Å². The fraction of sp³-hybridized carbons (Fsp3) is 0.440. The van der Waals surface area contributed by atoms with Gasteiger partial charge in [0.05, 0.1) is 4.90 Å². The van der Waals surface area contributed by atoms with Crippen LogP contribution in [0.1, 0.15) is 32.8 Å². The van der Waals surface area contributed by atoms with Crippen LogP contribution < -0.4 is 14.9 Å². The second-order valence-electron chi connectivity index (χ2n) is 9.18. The predicted octanol–water partition coefficient (Wildman–Crippen LogP) is 2.92. The predicted molar refractivity (Wildman–Crippen MR) is 136 cm³/mol. The zero-order valence-electron chi connectivity index (χ0n) is 20.0. The zero-order valence-corrected chi connectivity index (χ0v) is 20.8. The van der Waals surface area contributed by atoms with Gasteiger partial charge < -0.3 is 15.1 Å². The van der Waals surface area contributed by atoms with E-state index in [-0.39, 0.29) is 22.6 Å². The normalized spacial score (nSPS) is 19.6. The van der Waals surface area contributed by atoms with Crippen LogP contribution in [-0.2, 0) is 14.8 Å². The number of carbonyl (C=O) groups excluding carboxylic acids is 1. The number of hydrogen-bond donors (Lipinski definition) is 2. The molecule has 1 fully saturated rings. The van der Waals surface area contributed by atoms with Gasteiger partial charge in [-0.05, 0) is 55.3 Å². The van der Waals surface area contributed by atoms with Gasteiger partial charge >= 0.3 is 0 Å². The monoisotopic (exact) mass is 483 g/mol. The molecule has 2 heterocycles. The number of amides is 1. The van der Waals surface area contributed by atoms with Crippen LogP contribution in [0.25, 0.3) is 0 Å². The minimum absolute atomic E-state index is 0.188. The highest BCUT2D eigenvalue weighted by Gasteiger charge is 2.32. The zero-order chi connectivity index (χ0) is 24.3. The van der Waals surface area contributed by atoms with Crippen LogP contribution in [0.5, 0.6) is 0 Å². The number of benzene rings is 2. The number of hydrogen-bond acceptors (Lipinski definition) is 6. The van der Waals surface area contributed by atoms with Crippen molar-refractivity contribution < 1.29 is 13.2 Å². The Morgan fingerprint density at radius 1 is 1.06 bits per heavy atom. The van der Waals surface area contributed by atoms with E-state index in [1.807, 2.05) is 38.1 Å². The average molecular weight is 484 g/mol. The summed E-state index contributed by atoms with van der Waals surface area (Å²) >= 11 is 0. The van der Waals surface area contributed by atoms with E-state index in [9.17, 15) is 13.2 Å². The fourth-order valence-corrected chi connectivity index (χ4v) is 5.59. The number of fused-ring (bicyclic) bond motifs is 1. The van der Waals surface area contributed by atoms with E-state index >= 15 is 0 Å². The second kappa shape index (κ2) is 10.1. The summed E-state index contributed by atoms with van der Waals surface area (Å²) < 4.78 is 27.4. The first kappa shape index (κ1) is 24.2. The molecule has 4 rings (SSSR count). The van der Waals surface area contributed by atoms with E-state index in [4.69, 9.17) is 0 Å². The van der Waals surface area contributed by atoms with Crippen molar-refractivity contribution in [2.24, 2.45) is 10.9 Å². The molecule has 9 heteroatoms. The number of amidine groups is 1. The molecule has 1 atom stereocenters. The van der Waals surface area contributed by atoms with Gasteiger partial charge in [0, 0.05) is 43.1 Å². The van der Waals surface area contributed by atoms with Gasteiger partial charge in [-0.2, -0.15) is 0 Å². The van der Waals surface area contributed by atoms with Crippen LogP contribution in [0.2, 0.25) is 0 Å². The number of rotatable bonds is 7. The smallest absolute Gasteiger partial charge is 0.263 e. The Morgan fingerprint density at radius 2 is 1.74 bits per heavy atom. The number of likely N-dealkylation sites (N-methyl/N-ethyl adjacent to an activating group) is 1. The molecule has 2 N–H and O–H groups in total. The maximum Gasteiger partial charge on any atom is 0.263 e. The molecule has 2 aliphatic rings. The summed E-state index contributed by atoms with van der Waals surface area (Å²) in [5.41, 5.74) is 2.34. The van der Waals surface area contributed by atoms with Crippen LogP contribution in [-0.4, -0.2) is 63.8 Å². The molecule has 1 unspecified atom stereocenters. The molecule has 2 aromatic carbocycles. The number of sulfonamides is 1. The SMILES string of the molecule is CCN1CCN(c2ccc(NC(=O)C(CC(C)C)N=C3NS(=O)(=O)c4ccccc43)cc2)CC1. The van der Waals surface area contributed by atoms with E-state index in [2.05, 4.69) is 31.8 Å². The maximum absolute atomic E-state index is 13.2. The summed E-state index contributed by atoms with van der Waals surface area (Å²) in [5, 5.41) is 2.96. The van der Waals surface area contributed by atoms with Crippen molar-refractivity contribution >= 4 is 33.1 Å². The molecule has 0 aromatic heterocycles. The van der Waals surface area contributed by atoms with Crippen molar-refractivity contribution in [2.45, 2.75) is 38.1 Å². The molecule has 2 aromatic rings. The third-order valence-electron chi connectivity index (χ3n) is 6.26. The Morgan fingerprint density at radius 3 is 2.38 bits per heavy atom. The number of nitrogens with one attached hydrogen (secondary N) is 2. The summed E-state index contributed by atoms with van der Waals surface area (Å²) in [5.74, 6) is 0.171. The van der Waals surface area contributed by atoms with E-state index in [0.29, 0.717) is 17.7 Å². The third kappa shape index (κ3) is 5.42. The van der Waals surface area contributed by atoms with Gasteiger partial charge in [-0.25, -0.2) is 8.42 Å². The molecule has 0 aliphatic carbocycles. The number of aliphatic imine (C=N–C) groups is 1. The van der Waals surface area contributed by atoms with E-state index in [1.54, 1.807) is 24.3 Å². The number of piperazine rings is 1. The van der Waals surface area contributed by atoms with Crippen molar-refractivity contribution in [3.8, 4) is 0 Å². The summed E-state index contributed by atoms with van der Waals surface area (Å²) in [7, 11) is -3.65. The van der Waals surface area contributed by atoms with E-state index in [0.717, 1.165) is 38.4 Å². The van der Waals surface area contributed by atoms with Gasteiger partial charge in [0.15, 0.2) is 0 Å². The lowest BCUT2D eigenvalue weighted by Crippen LogP contribution is -2.46. The lowest BCUT2D eigenvalue weighted by Gasteiger charge is -2.35. The summed E-state index contributed by atoms with van der Waals surface area (Å²) in [6.45, 7) is 11.4. The third-order valence-corrected chi connectivity index (χ3v) is 7.66. The largest absolute Gasteiger partial charge is 0.369 e. The van der Waals surface area contributed by atoms with Gasteiger partial charge in [-0.3, -0.25) is 14.5 Å². The minimum atomic E-state index is -3.65. The Balaban J connectivity index is 1.48. The van der Waals surface area contributed by atoms with Crippen LogP contribution in [0, 0.1) is 5.92 Å². The van der Waals surface area contributed by atoms with Crippen molar-refractivity contribution in [1.82, 2.24) is 9.62 Å². The number of carbonyl (C=O) groups is 1. The molecule has 182 valence electrons. The van der Waals surface area contributed by atoms with Crippen LogP contribution in [0.15, 0.2) is 58.4 Å². The molecule has 0 bridgehead atoms. The van der Waals surface area contributed by atoms with Crippen LogP contribution in [0.4, 0.5) is 11.4 Å². The van der Waals surface area contributed by atoms with Crippen molar-refractivity contribution in [3.63, 3.8) is 0 Å². The molecule has 0 radical (unpaired) electrons. The first-order valence-electron chi connectivity index (χ1n) is 11.8. The van der Waals surface area contributed by atoms with Crippen LogP contribution in [0.3, 0.4) is 0 Å². The Labute approximate surface area is 202 Å². The van der Waals surface area contributed by atoms with E-state index < -0.39 is 16.1 Å². The topological polar surface area (TPSA) is 94.1 Å². The van der Waals surface area contributed by atoms with Gasteiger partial charge in [-0.1, -0.05) is 32.9 Å². The van der Waals surface area contributed by atoms with Crippen LogP contribution >= 0.6 is 0 Å². The summed E-state index contributed by atoms with van der Waals surface area (Å²) in [6.07, 6.45) is 0.499. The quantitative estimate of drug-likeness (QED) is 0.632. The highest BCUT2D eigenvalue weighted by molar-refractivity contribution is 7.90. The first-order chi connectivity index (χ1) is 16.3. The maximum atomic E-state index is 13.2. The molecule has 0 saturated carbocycles. The molecule has 0 spiro atoms. The van der Waals surface area contributed by atoms with Crippen molar-refractivity contribution in [2.75, 3.05) is 42.9 Å². The highest BCUT2D eigenvalue weighted by atomic mass is 32.2. The van der Waals surface area contributed by atoms with Gasteiger partial charge in [0.2, 0.25) is 5.91 Å².